The van der Waals surface area contributed by atoms with Crippen molar-refractivity contribution in [3.05, 3.63) is 65.5 Å². The molecule has 0 aliphatic heterocycles. The Morgan fingerprint density at radius 2 is 1.96 bits per heavy atom. The van der Waals surface area contributed by atoms with Gasteiger partial charge in [-0.1, -0.05) is 43.4 Å². The minimum absolute atomic E-state index is 0.211. The number of halogens is 1. The van der Waals surface area contributed by atoms with Gasteiger partial charge in [-0.05, 0) is 55.5 Å². The Balaban J connectivity index is 0.000000688. The summed E-state index contributed by atoms with van der Waals surface area (Å²) in [5, 5.41) is 0. The van der Waals surface area contributed by atoms with E-state index in [1.165, 1.54) is 18.6 Å². The van der Waals surface area contributed by atoms with E-state index in [2.05, 4.69) is 24.3 Å². The van der Waals surface area contributed by atoms with Gasteiger partial charge < -0.3 is 4.74 Å². The Hall–Kier alpha value is -2.16. The van der Waals surface area contributed by atoms with Crippen molar-refractivity contribution in [1.82, 2.24) is 0 Å². The maximum Gasteiger partial charge on any atom is 0.302 e. The van der Waals surface area contributed by atoms with Crippen LogP contribution >= 0.6 is 0 Å². The summed E-state index contributed by atoms with van der Waals surface area (Å²) in [4.78, 5) is 9.82. The molecule has 0 fully saturated rings. The number of ether oxygens (including phenoxy) is 1. The van der Waals surface area contributed by atoms with Crippen molar-refractivity contribution < 1.29 is 13.9 Å². The quantitative estimate of drug-likeness (QED) is 0.524. The summed E-state index contributed by atoms with van der Waals surface area (Å²) in [7, 11) is 0. The van der Waals surface area contributed by atoms with Gasteiger partial charge in [0.15, 0.2) is 0 Å². The van der Waals surface area contributed by atoms with Crippen LogP contribution in [0, 0.1) is 6.92 Å². The highest BCUT2D eigenvalue weighted by atomic mass is 19.1. The molecule has 0 N–H and O–H groups in total. The van der Waals surface area contributed by atoms with Crippen molar-refractivity contribution in [3.8, 4) is 0 Å². The van der Waals surface area contributed by atoms with Gasteiger partial charge in [0.1, 0.15) is 0 Å². The lowest BCUT2D eigenvalue weighted by Crippen LogP contribution is -1.95. The highest BCUT2D eigenvalue weighted by Crippen LogP contribution is 2.26. The molecule has 0 unspecified atom stereocenters. The second-order valence-electron chi connectivity index (χ2n) is 5.13. The molecule has 1 aromatic rings. The molecule has 23 heavy (non-hydrogen) atoms. The average Bonchev–Trinajstić information content (AvgIpc) is 2.46. The van der Waals surface area contributed by atoms with Crippen molar-refractivity contribution in [2.45, 2.75) is 41.0 Å². The van der Waals surface area contributed by atoms with Crippen LogP contribution in [0.15, 0.2) is 48.8 Å². The molecule has 0 saturated heterocycles. The highest BCUT2D eigenvalue weighted by Gasteiger charge is 2.07. The fourth-order valence-corrected chi connectivity index (χ4v) is 2.18. The number of benzene rings is 1. The first-order chi connectivity index (χ1) is 10.9. The predicted molar refractivity (Wildman–Crippen MR) is 95.9 cm³/mol. The number of carbonyl (C=O) groups is 1. The molecule has 0 bridgehead atoms. The van der Waals surface area contributed by atoms with E-state index in [0.29, 0.717) is 12.9 Å². The van der Waals surface area contributed by atoms with E-state index < -0.39 is 0 Å². The van der Waals surface area contributed by atoms with Crippen molar-refractivity contribution in [1.29, 1.82) is 0 Å². The van der Waals surface area contributed by atoms with Crippen LogP contribution in [0.5, 0.6) is 0 Å². The zero-order valence-corrected chi connectivity index (χ0v) is 14.8. The SMILES string of the molecule is C=C(C)/C=C(\C=C/F)c1c(C)cccc1CC.CCOC(C)=O. The van der Waals surface area contributed by atoms with Crippen LogP contribution in [0.25, 0.3) is 5.57 Å². The third-order valence-corrected chi connectivity index (χ3v) is 3.02. The summed E-state index contributed by atoms with van der Waals surface area (Å²) in [6.07, 6.45) is 4.93. The first-order valence-electron chi connectivity index (χ1n) is 7.73. The molecule has 1 rings (SSSR count). The molecular formula is C20H27FO2. The van der Waals surface area contributed by atoms with Crippen LogP contribution in [0.1, 0.15) is 44.4 Å². The summed E-state index contributed by atoms with van der Waals surface area (Å²) in [5.41, 5.74) is 5.32. The predicted octanol–water partition coefficient (Wildman–Crippen LogP) is 5.57. The first-order valence-corrected chi connectivity index (χ1v) is 7.73. The smallest absolute Gasteiger partial charge is 0.302 e. The molecule has 0 radical (unpaired) electrons. The van der Waals surface area contributed by atoms with E-state index in [4.69, 9.17) is 0 Å². The zero-order chi connectivity index (χ0) is 17.8. The molecule has 0 aliphatic rings. The van der Waals surface area contributed by atoms with Gasteiger partial charge in [0.2, 0.25) is 0 Å². The maximum atomic E-state index is 12.5. The molecule has 0 heterocycles. The second-order valence-corrected chi connectivity index (χ2v) is 5.13. The van der Waals surface area contributed by atoms with E-state index in [0.717, 1.165) is 28.7 Å². The lowest BCUT2D eigenvalue weighted by atomic mass is 9.92. The molecule has 2 nitrogen and oxygen atoms in total. The molecule has 126 valence electrons. The Labute approximate surface area is 139 Å². The summed E-state index contributed by atoms with van der Waals surface area (Å²) >= 11 is 0. The molecular weight excluding hydrogens is 291 g/mol. The number of hydrogen-bond acceptors (Lipinski definition) is 2. The van der Waals surface area contributed by atoms with Gasteiger partial charge in [0, 0.05) is 6.92 Å². The monoisotopic (exact) mass is 318 g/mol. The van der Waals surface area contributed by atoms with E-state index in [1.54, 1.807) is 6.92 Å². The summed E-state index contributed by atoms with van der Waals surface area (Å²) in [5.74, 6) is -0.211. The lowest BCUT2D eigenvalue weighted by Gasteiger charge is -2.12. The molecule has 0 aromatic heterocycles. The number of allylic oxidation sites excluding steroid dienone is 4. The Morgan fingerprint density at radius 3 is 2.35 bits per heavy atom. The van der Waals surface area contributed by atoms with Gasteiger partial charge in [0.05, 0.1) is 12.9 Å². The second kappa shape index (κ2) is 11.4. The Morgan fingerprint density at radius 1 is 1.30 bits per heavy atom. The van der Waals surface area contributed by atoms with Crippen molar-refractivity contribution >= 4 is 11.5 Å². The largest absolute Gasteiger partial charge is 0.466 e. The average molecular weight is 318 g/mol. The molecule has 0 atom stereocenters. The van der Waals surface area contributed by atoms with Crippen LogP contribution < -0.4 is 0 Å². The molecule has 0 spiro atoms. The van der Waals surface area contributed by atoms with Gasteiger partial charge in [-0.25, -0.2) is 4.39 Å². The topological polar surface area (TPSA) is 26.3 Å². The highest BCUT2D eigenvalue weighted by molar-refractivity contribution is 5.79. The third-order valence-electron chi connectivity index (χ3n) is 3.02. The van der Waals surface area contributed by atoms with Gasteiger partial charge >= 0.3 is 5.97 Å². The van der Waals surface area contributed by atoms with Gasteiger partial charge in [-0.2, -0.15) is 0 Å². The first kappa shape index (κ1) is 20.8. The lowest BCUT2D eigenvalue weighted by molar-refractivity contribution is -0.140. The van der Waals surface area contributed by atoms with E-state index in [-0.39, 0.29) is 5.97 Å². The maximum absolute atomic E-state index is 12.5. The third kappa shape index (κ3) is 8.15. The Kier molecular flexibility index (Phi) is 10.3. The molecule has 1 aromatic carbocycles. The van der Waals surface area contributed by atoms with Crippen molar-refractivity contribution in [3.63, 3.8) is 0 Å². The van der Waals surface area contributed by atoms with Crippen LogP contribution in [0.2, 0.25) is 0 Å². The van der Waals surface area contributed by atoms with E-state index >= 15 is 0 Å². The van der Waals surface area contributed by atoms with Gasteiger partial charge in [0.25, 0.3) is 0 Å². The summed E-state index contributed by atoms with van der Waals surface area (Å²) < 4.78 is 16.9. The molecule has 0 saturated carbocycles. The van der Waals surface area contributed by atoms with Gasteiger partial charge in [-0.3, -0.25) is 4.79 Å². The fourth-order valence-electron chi connectivity index (χ4n) is 2.18. The minimum Gasteiger partial charge on any atom is -0.466 e. The summed E-state index contributed by atoms with van der Waals surface area (Å²) in [6.45, 7) is 13.6. The number of hydrogen-bond donors (Lipinski definition) is 0. The van der Waals surface area contributed by atoms with Gasteiger partial charge in [-0.15, -0.1) is 0 Å². The molecule has 0 aliphatic carbocycles. The van der Waals surface area contributed by atoms with Crippen molar-refractivity contribution in [2.75, 3.05) is 6.61 Å². The van der Waals surface area contributed by atoms with E-state index in [9.17, 15) is 9.18 Å². The standard InChI is InChI=1S/C16H19F.C4H8O2/c1-5-14-8-6-7-13(4)16(14)15(9-10-17)11-12(2)3;1-3-6-4(2)5/h6-11H,2,5H2,1,3-4H3;3H2,1-2H3/b10-9-,15-11+;. The molecule has 3 heteroatoms. The number of aryl methyl sites for hydroxylation is 2. The minimum atomic E-state index is -0.211. The number of carbonyl (C=O) groups excluding carboxylic acids is 1. The van der Waals surface area contributed by atoms with E-state index in [1.807, 2.05) is 32.1 Å². The Bertz CT molecular complexity index is 583. The van der Waals surface area contributed by atoms with Crippen molar-refractivity contribution in [2.24, 2.45) is 0 Å². The number of esters is 1. The van der Waals surface area contributed by atoms with Crippen LogP contribution in [0.3, 0.4) is 0 Å². The van der Waals surface area contributed by atoms with Crippen LogP contribution in [-0.2, 0) is 16.0 Å². The van der Waals surface area contributed by atoms with Crippen LogP contribution in [-0.4, -0.2) is 12.6 Å². The zero-order valence-electron chi connectivity index (χ0n) is 14.8. The summed E-state index contributed by atoms with van der Waals surface area (Å²) in [6, 6.07) is 6.17. The normalized spacial score (nSPS) is 11.0. The fraction of sp³-hybridized carbons (Fsp3) is 0.350. The molecule has 0 amide bonds. The van der Waals surface area contributed by atoms with Crippen LogP contribution in [0.4, 0.5) is 4.39 Å². The number of rotatable bonds is 5.